The summed E-state index contributed by atoms with van der Waals surface area (Å²) in [5, 5.41) is 9.45. The lowest BCUT2D eigenvalue weighted by atomic mass is 9.88. The van der Waals surface area contributed by atoms with E-state index < -0.39 is 23.3 Å². The number of amides is 2. The van der Waals surface area contributed by atoms with Crippen LogP contribution in [-0.4, -0.2) is 33.3 Å². The van der Waals surface area contributed by atoms with Crippen molar-refractivity contribution in [3.63, 3.8) is 0 Å². The number of carboxylic acids is 1. The number of imide groups is 1. The average Bonchev–Trinajstić information content (AvgIpc) is 2.38. The maximum atomic E-state index is 12.5. The predicted molar refractivity (Wildman–Crippen MR) is 72.3 cm³/mol. The number of aliphatic carboxylic acids is 1. The fraction of sp³-hybridized carbons (Fsp3) is 0.400. The Balaban J connectivity index is 2.50. The lowest BCUT2D eigenvalue weighted by molar-refractivity contribution is -0.155. The zero-order valence-electron chi connectivity index (χ0n) is 11.5. The van der Waals surface area contributed by atoms with E-state index in [1.807, 2.05) is 6.92 Å². The van der Waals surface area contributed by atoms with Gasteiger partial charge in [0.05, 0.1) is 6.42 Å². The molecule has 0 aliphatic carbocycles. The summed E-state index contributed by atoms with van der Waals surface area (Å²) in [5.74, 6) is -2.12. The van der Waals surface area contributed by atoms with Crippen LogP contribution in [0, 0.1) is 0 Å². The molecule has 5 nitrogen and oxygen atoms in total. The van der Waals surface area contributed by atoms with E-state index in [1.165, 1.54) is 6.92 Å². The molecule has 0 radical (unpaired) electrons. The largest absolute Gasteiger partial charge is 0.479 e. The van der Waals surface area contributed by atoms with Gasteiger partial charge in [0, 0.05) is 5.56 Å². The topological polar surface area (TPSA) is 74.7 Å². The fourth-order valence-electron chi connectivity index (χ4n) is 2.66. The van der Waals surface area contributed by atoms with Gasteiger partial charge >= 0.3 is 5.97 Å². The molecule has 1 aromatic rings. The maximum absolute atomic E-state index is 12.5. The summed E-state index contributed by atoms with van der Waals surface area (Å²) in [4.78, 5) is 37.2. The fourth-order valence-corrected chi connectivity index (χ4v) is 2.66. The molecule has 1 aromatic carbocycles. The number of carbonyl (C=O) groups is 3. The Morgan fingerprint density at radius 3 is 2.60 bits per heavy atom. The highest BCUT2D eigenvalue weighted by Crippen LogP contribution is 2.29. The number of carbonyl (C=O) groups excluding carboxylic acids is 2. The number of fused-ring (bicyclic) bond motifs is 1. The van der Waals surface area contributed by atoms with Gasteiger partial charge in [0.1, 0.15) is 5.54 Å². The van der Waals surface area contributed by atoms with Crippen molar-refractivity contribution in [3.05, 3.63) is 35.4 Å². The number of hydrogen-bond acceptors (Lipinski definition) is 3. The van der Waals surface area contributed by atoms with Gasteiger partial charge in [-0.2, -0.15) is 0 Å². The maximum Gasteiger partial charge on any atom is 0.329 e. The Bertz CT molecular complexity index is 581. The SMILES string of the molecule is CCCC(C)(C(=O)O)N1C(=O)Cc2ccccc2C1=O. The van der Waals surface area contributed by atoms with Crippen LogP contribution in [0.15, 0.2) is 24.3 Å². The molecule has 0 saturated carbocycles. The van der Waals surface area contributed by atoms with Crippen molar-refractivity contribution >= 4 is 17.8 Å². The van der Waals surface area contributed by atoms with Crippen molar-refractivity contribution in [2.45, 2.75) is 38.6 Å². The van der Waals surface area contributed by atoms with Gasteiger partial charge in [-0.1, -0.05) is 31.5 Å². The first kappa shape index (κ1) is 14.2. The first-order valence-electron chi connectivity index (χ1n) is 6.60. The molecule has 0 aromatic heterocycles. The molecule has 2 amide bonds. The summed E-state index contributed by atoms with van der Waals surface area (Å²) in [5.41, 5.74) is -0.421. The second kappa shape index (κ2) is 5.07. The number of carboxylic acid groups (broad SMARTS) is 1. The third kappa shape index (κ3) is 2.09. The first-order valence-corrected chi connectivity index (χ1v) is 6.60. The lowest BCUT2D eigenvalue weighted by Crippen LogP contribution is -2.59. The van der Waals surface area contributed by atoms with Gasteiger partial charge in [-0.05, 0) is 25.0 Å². The summed E-state index contributed by atoms with van der Waals surface area (Å²) in [6.07, 6.45) is 0.873. The molecule has 1 N–H and O–H groups in total. The molecule has 0 fully saturated rings. The van der Waals surface area contributed by atoms with Crippen molar-refractivity contribution < 1.29 is 19.5 Å². The van der Waals surface area contributed by atoms with Gasteiger partial charge in [-0.3, -0.25) is 14.5 Å². The van der Waals surface area contributed by atoms with Gasteiger partial charge < -0.3 is 5.11 Å². The summed E-state index contributed by atoms with van der Waals surface area (Å²) < 4.78 is 0. The van der Waals surface area contributed by atoms with E-state index in [0.717, 1.165) is 4.90 Å². The van der Waals surface area contributed by atoms with Gasteiger partial charge in [0.25, 0.3) is 5.91 Å². The monoisotopic (exact) mass is 275 g/mol. The molecule has 1 unspecified atom stereocenters. The molecule has 1 aliphatic rings. The minimum Gasteiger partial charge on any atom is -0.479 e. The molecule has 1 aliphatic heterocycles. The number of nitrogens with zero attached hydrogens (tertiary/aromatic N) is 1. The standard InChI is InChI=1S/C15H17NO4/c1-3-8-15(2,14(19)20)16-12(17)9-10-6-4-5-7-11(10)13(16)18/h4-7H,3,8-9H2,1-2H3,(H,19,20). The molecule has 0 bridgehead atoms. The Labute approximate surface area is 117 Å². The highest BCUT2D eigenvalue weighted by Gasteiger charge is 2.47. The number of hydrogen-bond donors (Lipinski definition) is 1. The molecular weight excluding hydrogens is 258 g/mol. The van der Waals surface area contributed by atoms with Crippen molar-refractivity contribution in [2.75, 3.05) is 0 Å². The van der Waals surface area contributed by atoms with Gasteiger partial charge in [-0.25, -0.2) is 4.79 Å². The van der Waals surface area contributed by atoms with Crippen LogP contribution in [0.2, 0.25) is 0 Å². The van der Waals surface area contributed by atoms with Crippen LogP contribution in [0.5, 0.6) is 0 Å². The first-order chi connectivity index (χ1) is 9.41. The van der Waals surface area contributed by atoms with Crippen LogP contribution < -0.4 is 0 Å². The molecule has 5 heteroatoms. The smallest absolute Gasteiger partial charge is 0.329 e. The van der Waals surface area contributed by atoms with Gasteiger partial charge in [0.2, 0.25) is 5.91 Å². The van der Waals surface area contributed by atoms with Crippen molar-refractivity contribution in [2.24, 2.45) is 0 Å². The van der Waals surface area contributed by atoms with Crippen LogP contribution in [0.4, 0.5) is 0 Å². The van der Waals surface area contributed by atoms with E-state index in [-0.39, 0.29) is 12.8 Å². The zero-order valence-corrected chi connectivity index (χ0v) is 11.5. The van der Waals surface area contributed by atoms with Crippen LogP contribution in [0.1, 0.15) is 42.6 Å². The minimum atomic E-state index is -1.49. The Kier molecular flexibility index (Phi) is 3.61. The Morgan fingerprint density at radius 2 is 2.00 bits per heavy atom. The highest BCUT2D eigenvalue weighted by atomic mass is 16.4. The quantitative estimate of drug-likeness (QED) is 0.851. The third-order valence-electron chi connectivity index (χ3n) is 3.73. The second-order valence-electron chi connectivity index (χ2n) is 5.20. The van der Waals surface area contributed by atoms with Crippen LogP contribution in [0.3, 0.4) is 0 Å². The van der Waals surface area contributed by atoms with E-state index in [9.17, 15) is 19.5 Å². The van der Waals surface area contributed by atoms with Crippen molar-refractivity contribution in [1.29, 1.82) is 0 Å². The second-order valence-corrected chi connectivity index (χ2v) is 5.20. The Hall–Kier alpha value is -2.17. The van der Waals surface area contributed by atoms with E-state index in [0.29, 0.717) is 17.5 Å². The summed E-state index contributed by atoms with van der Waals surface area (Å²) >= 11 is 0. The highest BCUT2D eigenvalue weighted by molar-refractivity contribution is 6.12. The number of benzene rings is 1. The molecule has 0 spiro atoms. The van der Waals surface area contributed by atoms with Gasteiger partial charge in [-0.15, -0.1) is 0 Å². The molecule has 106 valence electrons. The zero-order chi connectivity index (χ0) is 14.9. The van der Waals surface area contributed by atoms with E-state index >= 15 is 0 Å². The summed E-state index contributed by atoms with van der Waals surface area (Å²) in [6, 6.07) is 6.83. The molecule has 20 heavy (non-hydrogen) atoms. The Morgan fingerprint density at radius 1 is 1.35 bits per heavy atom. The van der Waals surface area contributed by atoms with E-state index in [2.05, 4.69) is 0 Å². The van der Waals surface area contributed by atoms with E-state index in [1.54, 1.807) is 24.3 Å². The molecule has 1 atom stereocenters. The molecule has 1 heterocycles. The van der Waals surface area contributed by atoms with Crippen LogP contribution in [0.25, 0.3) is 0 Å². The van der Waals surface area contributed by atoms with Crippen LogP contribution in [-0.2, 0) is 16.0 Å². The van der Waals surface area contributed by atoms with E-state index in [4.69, 9.17) is 0 Å². The van der Waals surface area contributed by atoms with Crippen molar-refractivity contribution in [1.82, 2.24) is 4.90 Å². The number of rotatable bonds is 4. The summed E-state index contributed by atoms with van der Waals surface area (Å²) in [7, 11) is 0. The lowest BCUT2D eigenvalue weighted by Gasteiger charge is -2.39. The minimum absolute atomic E-state index is 0.0640. The molecule has 0 saturated heterocycles. The van der Waals surface area contributed by atoms with Crippen molar-refractivity contribution in [3.8, 4) is 0 Å². The normalized spacial score (nSPS) is 17.6. The van der Waals surface area contributed by atoms with Crippen LogP contribution >= 0.6 is 0 Å². The third-order valence-corrected chi connectivity index (χ3v) is 3.73. The van der Waals surface area contributed by atoms with Gasteiger partial charge in [0.15, 0.2) is 0 Å². The average molecular weight is 275 g/mol. The predicted octanol–water partition coefficient (Wildman–Crippen LogP) is 1.85. The summed E-state index contributed by atoms with van der Waals surface area (Å²) in [6.45, 7) is 3.26. The molecule has 2 rings (SSSR count). The molecular formula is C15H17NO4.